The van der Waals surface area contributed by atoms with Gasteiger partial charge in [0.05, 0.1) is 19.4 Å². The van der Waals surface area contributed by atoms with Crippen molar-refractivity contribution in [3.05, 3.63) is 65.0 Å². The predicted molar refractivity (Wildman–Crippen MR) is 110 cm³/mol. The van der Waals surface area contributed by atoms with E-state index in [-0.39, 0.29) is 12.5 Å². The molecule has 2 aromatic carbocycles. The topological polar surface area (TPSA) is 68.5 Å². The molecule has 0 N–H and O–H groups in total. The van der Waals surface area contributed by atoms with Crippen LogP contribution in [0.3, 0.4) is 0 Å². The van der Waals surface area contributed by atoms with Gasteiger partial charge in [0.2, 0.25) is 17.6 Å². The normalized spacial score (nSPS) is 10.7. The number of methoxy groups -OCH3 is 1. The molecule has 3 rings (SSSR count). The maximum Gasteiger partial charge on any atom is 0.246 e. The van der Waals surface area contributed by atoms with Gasteiger partial charge in [0, 0.05) is 23.4 Å². The number of hydrogen-bond donors (Lipinski definition) is 0. The molecule has 0 radical (unpaired) electrons. The van der Waals surface area contributed by atoms with Crippen molar-refractivity contribution in [2.24, 2.45) is 0 Å². The van der Waals surface area contributed by atoms with Crippen molar-refractivity contribution in [3.63, 3.8) is 0 Å². The Kier molecular flexibility index (Phi) is 6.95. The number of carbonyl (C=O) groups is 1. The van der Waals surface area contributed by atoms with Gasteiger partial charge in [-0.25, -0.2) is 0 Å². The first-order chi connectivity index (χ1) is 13.5. The zero-order valence-corrected chi connectivity index (χ0v) is 17.2. The van der Waals surface area contributed by atoms with Gasteiger partial charge in [-0.1, -0.05) is 28.9 Å². The highest BCUT2D eigenvalue weighted by atomic mass is 35.5. The molecule has 1 aromatic heterocycles. The van der Waals surface area contributed by atoms with Crippen LogP contribution in [0.1, 0.15) is 11.5 Å². The fraction of sp³-hybridized carbons (Fsp3) is 0.250. The molecule has 0 spiro atoms. The monoisotopic (exact) mass is 417 g/mol. The van der Waals surface area contributed by atoms with Crippen LogP contribution >= 0.6 is 23.4 Å². The van der Waals surface area contributed by atoms with Crippen LogP contribution in [-0.4, -0.2) is 40.9 Å². The third-order valence-electron chi connectivity index (χ3n) is 4.00. The highest BCUT2D eigenvalue weighted by Crippen LogP contribution is 2.20. The van der Waals surface area contributed by atoms with Crippen LogP contribution < -0.4 is 4.74 Å². The van der Waals surface area contributed by atoms with Gasteiger partial charge in [-0.3, -0.25) is 4.79 Å². The van der Waals surface area contributed by atoms with Gasteiger partial charge in [0.25, 0.3) is 0 Å². The lowest BCUT2D eigenvalue weighted by atomic mass is 10.2. The van der Waals surface area contributed by atoms with Gasteiger partial charge in [0.1, 0.15) is 5.75 Å². The van der Waals surface area contributed by atoms with E-state index in [0.717, 1.165) is 22.6 Å². The molecule has 0 aliphatic heterocycles. The largest absolute Gasteiger partial charge is 0.497 e. The number of nitrogens with zero attached hydrogens (tertiary/aromatic N) is 3. The van der Waals surface area contributed by atoms with E-state index in [9.17, 15) is 4.79 Å². The number of ether oxygens (including phenoxy) is 1. The standard InChI is InChI=1S/C20H20ClN3O3S/c1-24(19(25)13-28-12-14-4-3-5-16(21)10-14)11-18-22-20(23-27-18)15-6-8-17(26-2)9-7-15/h3-10H,11-13H2,1-2H3. The molecule has 0 saturated carbocycles. The van der Waals surface area contributed by atoms with Crippen molar-refractivity contribution in [3.8, 4) is 17.1 Å². The smallest absolute Gasteiger partial charge is 0.246 e. The quantitative estimate of drug-likeness (QED) is 0.544. The predicted octanol–water partition coefficient (Wildman–Crippen LogP) is 4.29. The summed E-state index contributed by atoms with van der Waals surface area (Å²) >= 11 is 7.51. The lowest BCUT2D eigenvalue weighted by Gasteiger charge is -2.14. The number of benzene rings is 2. The summed E-state index contributed by atoms with van der Waals surface area (Å²) in [5.74, 6) is 2.71. The van der Waals surface area contributed by atoms with Gasteiger partial charge in [-0.05, 0) is 42.0 Å². The molecule has 1 heterocycles. The summed E-state index contributed by atoms with van der Waals surface area (Å²) in [5, 5.41) is 4.68. The number of halogens is 1. The average Bonchev–Trinajstić information content (AvgIpc) is 3.16. The van der Waals surface area contributed by atoms with Gasteiger partial charge < -0.3 is 14.2 Å². The fourth-order valence-corrected chi connectivity index (χ4v) is 3.59. The van der Waals surface area contributed by atoms with Gasteiger partial charge in [-0.15, -0.1) is 11.8 Å². The lowest BCUT2D eigenvalue weighted by molar-refractivity contribution is -0.127. The van der Waals surface area contributed by atoms with Gasteiger partial charge in [-0.2, -0.15) is 4.98 Å². The van der Waals surface area contributed by atoms with E-state index in [1.54, 1.807) is 19.1 Å². The highest BCUT2D eigenvalue weighted by molar-refractivity contribution is 7.99. The summed E-state index contributed by atoms with van der Waals surface area (Å²) in [7, 11) is 3.33. The number of hydrogen-bond acceptors (Lipinski definition) is 6. The number of rotatable bonds is 8. The molecule has 8 heteroatoms. The molecular formula is C20H20ClN3O3S. The van der Waals surface area contributed by atoms with E-state index in [0.29, 0.717) is 22.5 Å². The highest BCUT2D eigenvalue weighted by Gasteiger charge is 2.15. The van der Waals surface area contributed by atoms with Crippen LogP contribution in [0.15, 0.2) is 53.1 Å². The van der Waals surface area contributed by atoms with Gasteiger partial charge in [0.15, 0.2) is 0 Å². The summed E-state index contributed by atoms with van der Waals surface area (Å²) in [4.78, 5) is 18.3. The third-order valence-corrected chi connectivity index (χ3v) is 5.22. The van der Waals surface area contributed by atoms with E-state index in [4.69, 9.17) is 20.9 Å². The molecule has 0 atom stereocenters. The Morgan fingerprint density at radius 3 is 2.75 bits per heavy atom. The Bertz CT molecular complexity index is 930. The SMILES string of the molecule is COc1ccc(-c2noc(CN(C)C(=O)CSCc3cccc(Cl)c3)n2)cc1. The second-order valence-electron chi connectivity index (χ2n) is 6.11. The molecule has 0 bridgehead atoms. The Morgan fingerprint density at radius 2 is 2.04 bits per heavy atom. The Balaban J connectivity index is 1.50. The van der Waals surface area contributed by atoms with E-state index in [1.165, 1.54) is 11.8 Å². The van der Waals surface area contributed by atoms with Crippen molar-refractivity contribution in [2.45, 2.75) is 12.3 Å². The maximum atomic E-state index is 12.3. The molecule has 3 aromatic rings. The lowest BCUT2D eigenvalue weighted by Crippen LogP contribution is -2.28. The van der Waals surface area contributed by atoms with Crippen molar-refractivity contribution >= 4 is 29.3 Å². The van der Waals surface area contributed by atoms with Crippen LogP contribution in [0.2, 0.25) is 5.02 Å². The summed E-state index contributed by atoms with van der Waals surface area (Å²) in [6.07, 6.45) is 0. The Hall–Kier alpha value is -2.51. The second-order valence-corrected chi connectivity index (χ2v) is 7.53. The van der Waals surface area contributed by atoms with Crippen LogP contribution in [0.25, 0.3) is 11.4 Å². The molecule has 0 aliphatic rings. The first kappa shape index (κ1) is 20.2. The first-order valence-corrected chi connectivity index (χ1v) is 10.1. The third kappa shape index (κ3) is 5.50. The summed E-state index contributed by atoms with van der Waals surface area (Å²) in [6, 6.07) is 15.0. The molecule has 0 unspecified atom stereocenters. The molecule has 0 fully saturated rings. The number of amides is 1. The molecule has 0 aliphatic carbocycles. The fourth-order valence-electron chi connectivity index (χ4n) is 2.46. The van der Waals surface area contributed by atoms with Crippen LogP contribution in [-0.2, 0) is 17.1 Å². The average molecular weight is 418 g/mol. The van der Waals surface area contributed by atoms with Crippen molar-refractivity contribution in [1.29, 1.82) is 0 Å². The van der Waals surface area contributed by atoms with Crippen LogP contribution in [0.4, 0.5) is 0 Å². The van der Waals surface area contributed by atoms with Crippen LogP contribution in [0.5, 0.6) is 5.75 Å². The maximum absolute atomic E-state index is 12.3. The summed E-state index contributed by atoms with van der Waals surface area (Å²) in [6.45, 7) is 0.264. The second kappa shape index (κ2) is 9.61. The van der Waals surface area contributed by atoms with E-state index >= 15 is 0 Å². The minimum absolute atomic E-state index is 0.00349. The van der Waals surface area contributed by atoms with Crippen molar-refractivity contribution in [2.75, 3.05) is 19.9 Å². The first-order valence-electron chi connectivity index (χ1n) is 8.58. The molecule has 28 heavy (non-hydrogen) atoms. The minimum atomic E-state index is -0.00349. The zero-order valence-electron chi connectivity index (χ0n) is 15.6. The molecule has 1 amide bonds. The van der Waals surface area contributed by atoms with Gasteiger partial charge >= 0.3 is 0 Å². The molecular weight excluding hydrogens is 398 g/mol. The Labute approximate surface area is 172 Å². The summed E-state index contributed by atoms with van der Waals surface area (Å²) < 4.78 is 10.4. The van der Waals surface area contributed by atoms with E-state index in [1.807, 2.05) is 48.5 Å². The van der Waals surface area contributed by atoms with E-state index < -0.39 is 0 Å². The molecule has 146 valence electrons. The summed E-state index contributed by atoms with van der Waals surface area (Å²) in [5.41, 5.74) is 1.91. The zero-order chi connectivity index (χ0) is 19.9. The number of carbonyl (C=O) groups excluding carboxylic acids is 1. The Morgan fingerprint density at radius 1 is 1.25 bits per heavy atom. The molecule has 0 saturated heterocycles. The number of thioether (sulfide) groups is 1. The molecule has 6 nitrogen and oxygen atoms in total. The van der Waals surface area contributed by atoms with Crippen molar-refractivity contribution in [1.82, 2.24) is 15.0 Å². The van der Waals surface area contributed by atoms with Crippen molar-refractivity contribution < 1.29 is 14.1 Å². The van der Waals surface area contributed by atoms with E-state index in [2.05, 4.69) is 10.1 Å². The number of aromatic nitrogens is 2. The minimum Gasteiger partial charge on any atom is -0.497 e. The van der Waals surface area contributed by atoms with Crippen LogP contribution in [0, 0.1) is 0 Å².